The molecule has 0 radical (unpaired) electrons. The fourth-order valence-corrected chi connectivity index (χ4v) is 3.72. The van der Waals surface area contributed by atoms with Crippen molar-refractivity contribution < 1.29 is 0 Å². The Balaban J connectivity index is 0.000000485. The van der Waals surface area contributed by atoms with Crippen LogP contribution in [0.3, 0.4) is 0 Å². The van der Waals surface area contributed by atoms with Crippen molar-refractivity contribution in [2.24, 2.45) is 0 Å². The third-order valence-corrected chi connectivity index (χ3v) is 4.61. The maximum absolute atomic E-state index is 2.75. The molecule has 1 N–H and O–H groups in total. The van der Waals surface area contributed by atoms with Crippen molar-refractivity contribution in [1.29, 1.82) is 0 Å². The van der Waals surface area contributed by atoms with E-state index in [4.69, 9.17) is 0 Å². The highest BCUT2D eigenvalue weighted by Gasteiger charge is 2.25. The zero-order valence-electron chi connectivity index (χ0n) is 14.6. The van der Waals surface area contributed by atoms with Crippen molar-refractivity contribution in [3.63, 3.8) is 0 Å². The van der Waals surface area contributed by atoms with Gasteiger partial charge in [-0.2, -0.15) is 0 Å². The molecule has 0 bridgehead atoms. The Bertz CT molecular complexity index is 827. The largest absolute Gasteiger partial charge is 0.335 e. The summed E-state index contributed by atoms with van der Waals surface area (Å²) in [6, 6.07) is 15.6. The third-order valence-electron chi connectivity index (χ3n) is 4.61. The van der Waals surface area contributed by atoms with E-state index in [0.717, 1.165) is 19.4 Å². The van der Waals surface area contributed by atoms with Crippen molar-refractivity contribution >= 4 is 10.9 Å². The highest BCUT2D eigenvalue weighted by Crippen LogP contribution is 2.42. The lowest BCUT2D eigenvalue weighted by Crippen LogP contribution is -1.95. The second-order valence-electron chi connectivity index (χ2n) is 6.09. The van der Waals surface area contributed by atoms with Gasteiger partial charge in [0.2, 0.25) is 0 Å². The zero-order chi connectivity index (χ0) is 16.4. The summed E-state index contributed by atoms with van der Waals surface area (Å²) in [6.45, 7) is 5.55. The standard InChI is InChI=1S/C19H19N.C2H7N/c1-3-13-9-7-11-17-15(4-2)19-16-10-6-5-8-14(16)12-20(19)18(13)17;1-3-2/h5-11H,3-4,12H2,1-2H3;3H,1-2H3. The Labute approximate surface area is 139 Å². The van der Waals surface area contributed by atoms with Gasteiger partial charge in [0.05, 0.1) is 11.2 Å². The number of aryl methyl sites for hydroxylation is 2. The minimum atomic E-state index is 1.03. The lowest BCUT2D eigenvalue weighted by molar-refractivity contribution is 0.875. The molecule has 0 fully saturated rings. The van der Waals surface area contributed by atoms with Crippen LogP contribution in [0.15, 0.2) is 42.5 Å². The van der Waals surface area contributed by atoms with Gasteiger partial charge in [-0.3, -0.25) is 0 Å². The summed E-state index contributed by atoms with van der Waals surface area (Å²) in [5.41, 5.74) is 8.79. The summed E-state index contributed by atoms with van der Waals surface area (Å²) in [4.78, 5) is 0. The molecule has 0 aliphatic carbocycles. The summed E-state index contributed by atoms with van der Waals surface area (Å²) < 4.78 is 2.54. The molecule has 120 valence electrons. The predicted octanol–water partition coefficient (Wildman–Crippen LogP) is 4.63. The van der Waals surface area contributed by atoms with Gasteiger partial charge in [0.25, 0.3) is 0 Å². The smallest absolute Gasteiger partial charge is 0.0530 e. The highest BCUT2D eigenvalue weighted by atomic mass is 15.0. The van der Waals surface area contributed by atoms with Crippen LogP contribution in [-0.2, 0) is 19.4 Å². The molecule has 2 heteroatoms. The van der Waals surface area contributed by atoms with E-state index in [0.29, 0.717) is 0 Å². The van der Waals surface area contributed by atoms with E-state index in [-0.39, 0.29) is 0 Å². The first-order valence-electron chi connectivity index (χ1n) is 8.56. The maximum atomic E-state index is 2.75. The van der Waals surface area contributed by atoms with Gasteiger partial charge in [-0.15, -0.1) is 0 Å². The molecule has 2 heterocycles. The number of fused-ring (bicyclic) bond motifs is 5. The van der Waals surface area contributed by atoms with Crippen LogP contribution in [0.5, 0.6) is 0 Å². The van der Waals surface area contributed by atoms with Crippen molar-refractivity contribution in [2.75, 3.05) is 14.1 Å². The van der Waals surface area contributed by atoms with Gasteiger partial charge in [-0.1, -0.05) is 56.3 Å². The van der Waals surface area contributed by atoms with Crippen molar-refractivity contribution in [3.8, 4) is 11.3 Å². The van der Waals surface area contributed by atoms with Crippen LogP contribution in [0.2, 0.25) is 0 Å². The molecule has 23 heavy (non-hydrogen) atoms. The lowest BCUT2D eigenvalue weighted by atomic mass is 9.99. The Kier molecular flexibility index (Phi) is 4.53. The molecule has 1 aliphatic rings. The molecule has 3 aromatic rings. The van der Waals surface area contributed by atoms with Crippen LogP contribution in [0, 0.1) is 0 Å². The van der Waals surface area contributed by atoms with Crippen LogP contribution in [0.1, 0.15) is 30.5 Å². The van der Waals surface area contributed by atoms with E-state index in [2.05, 4.69) is 66.2 Å². The van der Waals surface area contributed by atoms with Crippen molar-refractivity contribution in [2.45, 2.75) is 33.2 Å². The number of nitrogens with zero attached hydrogens (tertiary/aromatic N) is 1. The molecule has 1 aliphatic heterocycles. The molecule has 0 spiro atoms. The van der Waals surface area contributed by atoms with Crippen molar-refractivity contribution in [1.82, 2.24) is 9.88 Å². The fraction of sp³-hybridized carbons (Fsp3) is 0.333. The van der Waals surface area contributed by atoms with Gasteiger partial charge in [0.1, 0.15) is 0 Å². The molecule has 0 saturated carbocycles. The number of para-hydroxylation sites is 1. The molecule has 2 aromatic carbocycles. The molecular formula is C21H26N2. The van der Waals surface area contributed by atoms with Crippen LogP contribution < -0.4 is 5.32 Å². The minimum absolute atomic E-state index is 1.03. The highest BCUT2D eigenvalue weighted by molar-refractivity contribution is 5.95. The van der Waals surface area contributed by atoms with E-state index < -0.39 is 0 Å². The molecule has 2 nitrogen and oxygen atoms in total. The van der Waals surface area contributed by atoms with Gasteiger partial charge >= 0.3 is 0 Å². The Morgan fingerprint density at radius 2 is 1.70 bits per heavy atom. The van der Waals surface area contributed by atoms with Crippen LogP contribution in [0.25, 0.3) is 22.2 Å². The first-order chi connectivity index (χ1) is 11.3. The van der Waals surface area contributed by atoms with E-state index in [1.54, 1.807) is 0 Å². The van der Waals surface area contributed by atoms with Gasteiger partial charge in [-0.05, 0) is 43.6 Å². The number of rotatable bonds is 2. The molecule has 4 rings (SSSR count). The van der Waals surface area contributed by atoms with Gasteiger partial charge in [-0.25, -0.2) is 0 Å². The van der Waals surface area contributed by atoms with E-state index in [1.807, 2.05) is 14.1 Å². The van der Waals surface area contributed by atoms with Gasteiger partial charge in [0.15, 0.2) is 0 Å². The van der Waals surface area contributed by atoms with Crippen LogP contribution in [0.4, 0.5) is 0 Å². The molecular weight excluding hydrogens is 280 g/mol. The van der Waals surface area contributed by atoms with E-state index >= 15 is 0 Å². The summed E-state index contributed by atoms with van der Waals surface area (Å²) in [6.07, 6.45) is 2.20. The summed E-state index contributed by atoms with van der Waals surface area (Å²) in [5, 5.41) is 4.20. The van der Waals surface area contributed by atoms with Crippen LogP contribution in [-0.4, -0.2) is 18.7 Å². The normalized spacial score (nSPS) is 11.8. The predicted molar refractivity (Wildman–Crippen MR) is 100 cm³/mol. The third kappa shape index (κ3) is 2.47. The van der Waals surface area contributed by atoms with E-state index in [1.165, 1.54) is 38.9 Å². The number of hydrogen-bond acceptors (Lipinski definition) is 1. The number of benzene rings is 2. The SMILES string of the molecule is CCc1c2n(c3c(CC)cccc13)Cc1ccccc1-2.CNC. The number of nitrogens with one attached hydrogen (secondary N) is 1. The molecule has 1 aromatic heterocycles. The van der Waals surface area contributed by atoms with Crippen LogP contribution >= 0.6 is 0 Å². The summed E-state index contributed by atoms with van der Waals surface area (Å²) >= 11 is 0. The summed E-state index contributed by atoms with van der Waals surface area (Å²) in [7, 11) is 3.75. The first kappa shape index (κ1) is 15.8. The lowest BCUT2D eigenvalue weighted by Gasteiger charge is -2.05. The van der Waals surface area contributed by atoms with Gasteiger partial charge < -0.3 is 9.88 Å². The number of aromatic nitrogens is 1. The Hall–Kier alpha value is -2.06. The Morgan fingerprint density at radius 1 is 0.957 bits per heavy atom. The first-order valence-corrected chi connectivity index (χ1v) is 8.56. The fourth-order valence-electron chi connectivity index (χ4n) is 3.72. The van der Waals surface area contributed by atoms with E-state index in [9.17, 15) is 0 Å². The quantitative estimate of drug-likeness (QED) is 0.571. The maximum Gasteiger partial charge on any atom is 0.0530 e. The number of hydrogen-bond donors (Lipinski definition) is 1. The topological polar surface area (TPSA) is 17.0 Å². The monoisotopic (exact) mass is 306 g/mol. The molecule has 0 atom stereocenters. The molecule has 0 unspecified atom stereocenters. The Morgan fingerprint density at radius 3 is 2.39 bits per heavy atom. The molecule has 0 saturated heterocycles. The second-order valence-corrected chi connectivity index (χ2v) is 6.09. The average Bonchev–Trinajstić information content (AvgIpc) is 3.09. The summed E-state index contributed by atoms with van der Waals surface area (Å²) in [5.74, 6) is 0. The average molecular weight is 306 g/mol. The zero-order valence-corrected chi connectivity index (χ0v) is 14.6. The van der Waals surface area contributed by atoms with Gasteiger partial charge in [0, 0.05) is 17.5 Å². The minimum Gasteiger partial charge on any atom is -0.335 e. The second kappa shape index (κ2) is 6.59. The van der Waals surface area contributed by atoms with Crippen molar-refractivity contribution in [3.05, 3.63) is 59.2 Å². The molecule has 0 amide bonds.